The van der Waals surface area contributed by atoms with Gasteiger partial charge in [0.25, 0.3) is 0 Å². The van der Waals surface area contributed by atoms with E-state index in [-0.39, 0.29) is 30.7 Å². The summed E-state index contributed by atoms with van der Waals surface area (Å²) in [5.41, 5.74) is 0.631. The highest BCUT2D eigenvalue weighted by Crippen LogP contribution is 2.29. The molecule has 5 heteroatoms. The number of esters is 1. The van der Waals surface area contributed by atoms with E-state index in [0.29, 0.717) is 5.56 Å². The molecule has 4 nitrogen and oxygen atoms in total. The first-order chi connectivity index (χ1) is 8.61. The highest BCUT2D eigenvalue weighted by Gasteiger charge is 2.39. The van der Waals surface area contributed by atoms with Crippen LogP contribution >= 0.6 is 0 Å². The monoisotopic (exact) mass is 251 g/mol. The number of rotatable bonds is 3. The molecule has 1 aromatic rings. The topological polar surface area (TPSA) is 55.4 Å². The summed E-state index contributed by atoms with van der Waals surface area (Å²) in [6, 6.07) is 5.22. The lowest BCUT2D eigenvalue weighted by atomic mass is 9.92. The fourth-order valence-electron chi connectivity index (χ4n) is 2.15. The van der Waals surface area contributed by atoms with Gasteiger partial charge in [-0.25, -0.2) is 9.18 Å². The highest BCUT2D eigenvalue weighted by molar-refractivity contribution is 5.90. The molecule has 0 spiro atoms. The van der Waals surface area contributed by atoms with Crippen LogP contribution in [0.4, 0.5) is 4.39 Å². The van der Waals surface area contributed by atoms with Crippen LogP contribution in [0, 0.1) is 5.82 Å². The zero-order valence-electron chi connectivity index (χ0n) is 9.98. The van der Waals surface area contributed by atoms with E-state index in [4.69, 9.17) is 4.74 Å². The van der Waals surface area contributed by atoms with Gasteiger partial charge in [-0.15, -0.1) is 0 Å². The van der Waals surface area contributed by atoms with Gasteiger partial charge in [-0.2, -0.15) is 0 Å². The maximum atomic E-state index is 13.2. The van der Waals surface area contributed by atoms with Crippen LogP contribution in [-0.4, -0.2) is 24.5 Å². The third-order valence-electron chi connectivity index (χ3n) is 2.94. The number of benzene rings is 1. The van der Waals surface area contributed by atoms with Crippen molar-refractivity contribution < 1.29 is 18.7 Å². The maximum Gasteiger partial charge on any atom is 0.329 e. The number of halogens is 1. The van der Waals surface area contributed by atoms with Gasteiger partial charge in [0.15, 0.2) is 0 Å². The zero-order valence-corrected chi connectivity index (χ0v) is 9.98. The molecule has 0 radical (unpaired) electrons. The number of amides is 1. The van der Waals surface area contributed by atoms with Gasteiger partial charge in [-0.05, 0) is 24.6 Å². The molecule has 96 valence electrons. The number of hydrogen-bond donors (Lipinski definition) is 1. The molecule has 1 fully saturated rings. The van der Waals surface area contributed by atoms with Crippen LogP contribution in [0.3, 0.4) is 0 Å². The van der Waals surface area contributed by atoms with Crippen molar-refractivity contribution in [3.05, 3.63) is 35.6 Å². The van der Waals surface area contributed by atoms with Gasteiger partial charge >= 0.3 is 5.97 Å². The molecule has 1 aromatic carbocycles. The Morgan fingerprint density at radius 3 is 3.00 bits per heavy atom. The minimum atomic E-state index is -0.723. The largest absolute Gasteiger partial charge is 0.464 e. The predicted molar refractivity (Wildman–Crippen MR) is 62.3 cm³/mol. The Hall–Kier alpha value is -1.91. The standard InChI is InChI=1S/C13H14FNO3/c1-2-18-13(17)12-10(7-11(16)15-12)8-4-3-5-9(14)6-8/h3-6,10,12H,2,7H2,1H3,(H,15,16). The van der Waals surface area contributed by atoms with Crippen molar-refractivity contribution in [2.75, 3.05) is 6.61 Å². The molecule has 2 unspecified atom stereocenters. The fourth-order valence-corrected chi connectivity index (χ4v) is 2.15. The molecule has 0 aliphatic carbocycles. The Morgan fingerprint density at radius 2 is 2.33 bits per heavy atom. The molecule has 0 aromatic heterocycles. The maximum absolute atomic E-state index is 13.2. The van der Waals surface area contributed by atoms with Crippen LogP contribution in [0.5, 0.6) is 0 Å². The molecule has 1 amide bonds. The van der Waals surface area contributed by atoms with E-state index in [9.17, 15) is 14.0 Å². The van der Waals surface area contributed by atoms with E-state index < -0.39 is 12.0 Å². The summed E-state index contributed by atoms with van der Waals surface area (Å²) in [6.07, 6.45) is 0.174. The number of nitrogens with one attached hydrogen (secondary N) is 1. The highest BCUT2D eigenvalue weighted by atomic mass is 19.1. The lowest BCUT2D eigenvalue weighted by Gasteiger charge is -2.17. The van der Waals surface area contributed by atoms with E-state index in [0.717, 1.165) is 0 Å². The summed E-state index contributed by atoms with van der Waals surface area (Å²) in [6.45, 7) is 1.95. The zero-order chi connectivity index (χ0) is 13.1. The fraction of sp³-hybridized carbons (Fsp3) is 0.385. The van der Waals surface area contributed by atoms with Gasteiger partial charge in [0.2, 0.25) is 5.91 Å². The minimum Gasteiger partial charge on any atom is -0.464 e. The Balaban J connectivity index is 2.24. The van der Waals surface area contributed by atoms with Gasteiger partial charge in [-0.3, -0.25) is 4.79 Å². The van der Waals surface area contributed by atoms with Gasteiger partial charge < -0.3 is 10.1 Å². The van der Waals surface area contributed by atoms with Crippen molar-refractivity contribution in [1.29, 1.82) is 0 Å². The summed E-state index contributed by atoms with van der Waals surface area (Å²) in [7, 11) is 0. The summed E-state index contributed by atoms with van der Waals surface area (Å²) in [5.74, 6) is -1.44. The van der Waals surface area contributed by atoms with Crippen molar-refractivity contribution in [1.82, 2.24) is 5.32 Å². The quantitative estimate of drug-likeness (QED) is 0.825. The normalized spacial score (nSPS) is 22.7. The average molecular weight is 251 g/mol. The second-order valence-electron chi connectivity index (χ2n) is 4.16. The second-order valence-corrected chi connectivity index (χ2v) is 4.16. The molecule has 18 heavy (non-hydrogen) atoms. The Morgan fingerprint density at radius 1 is 1.56 bits per heavy atom. The molecule has 1 aliphatic rings. The minimum absolute atomic E-state index is 0.174. The molecule has 1 aliphatic heterocycles. The number of ether oxygens (including phenoxy) is 1. The number of hydrogen-bond acceptors (Lipinski definition) is 3. The SMILES string of the molecule is CCOC(=O)C1NC(=O)CC1c1cccc(F)c1. The van der Waals surface area contributed by atoms with Gasteiger partial charge in [0.1, 0.15) is 11.9 Å². The van der Waals surface area contributed by atoms with E-state index >= 15 is 0 Å². The van der Waals surface area contributed by atoms with E-state index in [2.05, 4.69) is 5.32 Å². The third kappa shape index (κ3) is 2.50. The van der Waals surface area contributed by atoms with Crippen LogP contribution in [0.25, 0.3) is 0 Å². The van der Waals surface area contributed by atoms with Crippen LogP contribution < -0.4 is 5.32 Å². The summed E-state index contributed by atoms with van der Waals surface area (Å²) < 4.78 is 18.1. The average Bonchev–Trinajstić information content (AvgIpc) is 2.72. The Kier molecular flexibility index (Phi) is 3.60. The first kappa shape index (κ1) is 12.5. The third-order valence-corrected chi connectivity index (χ3v) is 2.94. The number of carbonyl (C=O) groups is 2. The lowest BCUT2D eigenvalue weighted by Crippen LogP contribution is -2.37. The molecule has 1 heterocycles. The molecule has 1 saturated heterocycles. The summed E-state index contributed by atoms with van der Waals surface area (Å²) >= 11 is 0. The molecular formula is C13H14FNO3. The van der Waals surface area contributed by atoms with Crippen LogP contribution in [0.1, 0.15) is 24.8 Å². The summed E-state index contributed by atoms with van der Waals surface area (Å²) in [4.78, 5) is 23.1. The van der Waals surface area contributed by atoms with Crippen molar-refractivity contribution >= 4 is 11.9 Å². The molecule has 2 rings (SSSR count). The van der Waals surface area contributed by atoms with Gasteiger partial charge in [-0.1, -0.05) is 12.1 Å². The molecule has 1 N–H and O–H groups in total. The van der Waals surface area contributed by atoms with Crippen molar-refractivity contribution in [3.8, 4) is 0 Å². The molecule has 2 atom stereocenters. The second kappa shape index (κ2) is 5.16. The van der Waals surface area contributed by atoms with Crippen LogP contribution in [-0.2, 0) is 14.3 Å². The molecule has 0 bridgehead atoms. The van der Waals surface area contributed by atoms with Gasteiger partial charge in [0.05, 0.1) is 6.61 Å². The van der Waals surface area contributed by atoms with Crippen molar-refractivity contribution in [2.45, 2.75) is 25.3 Å². The first-order valence-electron chi connectivity index (χ1n) is 5.83. The Labute approximate surface area is 104 Å². The molecular weight excluding hydrogens is 237 g/mol. The van der Waals surface area contributed by atoms with Crippen molar-refractivity contribution in [3.63, 3.8) is 0 Å². The van der Waals surface area contributed by atoms with Crippen LogP contribution in [0.15, 0.2) is 24.3 Å². The molecule has 0 saturated carbocycles. The van der Waals surface area contributed by atoms with E-state index in [1.54, 1.807) is 19.1 Å². The smallest absolute Gasteiger partial charge is 0.329 e. The van der Waals surface area contributed by atoms with Gasteiger partial charge in [0, 0.05) is 12.3 Å². The lowest BCUT2D eigenvalue weighted by molar-refractivity contribution is -0.146. The summed E-state index contributed by atoms with van der Waals surface area (Å²) in [5, 5.41) is 2.57. The Bertz CT molecular complexity index is 475. The predicted octanol–water partition coefficient (Wildman–Crippen LogP) is 1.36. The van der Waals surface area contributed by atoms with E-state index in [1.807, 2.05) is 0 Å². The first-order valence-corrected chi connectivity index (χ1v) is 5.83. The number of carbonyl (C=O) groups excluding carboxylic acids is 2. The van der Waals surface area contributed by atoms with Crippen LogP contribution in [0.2, 0.25) is 0 Å². The van der Waals surface area contributed by atoms with E-state index in [1.165, 1.54) is 12.1 Å². The van der Waals surface area contributed by atoms with Crippen molar-refractivity contribution in [2.24, 2.45) is 0 Å².